The summed E-state index contributed by atoms with van der Waals surface area (Å²) in [6, 6.07) is 7.80. The van der Waals surface area contributed by atoms with E-state index in [1.165, 1.54) is 18.4 Å². The van der Waals surface area contributed by atoms with Gasteiger partial charge in [-0.15, -0.1) is 0 Å². The van der Waals surface area contributed by atoms with Crippen LogP contribution in [-0.2, 0) is 35.2 Å². The summed E-state index contributed by atoms with van der Waals surface area (Å²) in [5, 5.41) is 3.47. The molecule has 4 rings (SSSR count). The highest BCUT2D eigenvalue weighted by molar-refractivity contribution is 7.88. The average molecular weight is 401 g/mol. The fourth-order valence-electron chi connectivity index (χ4n) is 4.17. The highest BCUT2D eigenvalue weighted by atomic mass is 32.2. The number of hydrogen-bond donors (Lipinski definition) is 1. The smallest absolute Gasteiger partial charge is 0.218 e. The van der Waals surface area contributed by atoms with Gasteiger partial charge in [0.15, 0.2) is 0 Å². The molecule has 28 heavy (non-hydrogen) atoms. The molecule has 1 N–H and O–H groups in total. The molecule has 0 saturated carbocycles. The third kappa shape index (κ3) is 4.20. The Bertz CT molecular complexity index is 953. The molecule has 1 fully saturated rings. The van der Waals surface area contributed by atoms with Crippen molar-refractivity contribution in [3.8, 4) is 0 Å². The number of nitrogens with zero attached hydrogens (tertiary/aromatic N) is 3. The van der Waals surface area contributed by atoms with Crippen molar-refractivity contribution in [3.63, 3.8) is 0 Å². The van der Waals surface area contributed by atoms with E-state index in [-0.39, 0.29) is 5.75 Å². The predicted molar refractivity (Wildman–Crippen MR) is 111 cm³/mol. The number of rotatable bonds is 6. The highest BCUT2D eigenvalue weighted by Gasteiger charge is 2.26. The fourth-order valence-corrected chi connectivity index (χ4v) is 5.84. The number of benzene rings is 1. The van der Waals surface area contributed by atoms with Crippen molar-refractivity contribution in [2.45, 2.75) is 57.7 Å². The van der Waals surface area contributed by atoms with E-state index in [4.69, 9.17) is 0 Å². The van der Waals surface area contributed by atoms with E-state index in [0.29, 0.717) is 19.6 Å². The van der Waals surface area contributed by atoms with E-state index >= 15 is 0 Å². The Hall–Kier alpha value is -1.99. The molecule has 1 aromatic heterocycles. The van der Waals surface area contributed by atoms with Crippen LogP contribution in [0.2, 0.25) is 0 Å². The van der Waals surface area contributed by atoms with Gasteiger partial charge in [-0.25, -0.2) is 22.7 Å². The van der Waals surface area contributed by atoms with Gasteiger partial charge in [0.1, 0.15) is 11.6 Å². The van der Waals surface area contributed by atoms with Gasteiger partial charge >= 0.3 is 0 Å². The molecule has 0 spiro atoms. The van der Waals surface area contributed by atoms with E-state index in [0.717, 1.165) is 54.1 Å². The molecule has 6 nitrogen and oxygen atoms in total. The van der Waals surface area contributed by atoms with Crippen LogP contribution in [0.1, 0.15) is 53.9 Å². The van der Waals surface area contributed by atoms with Gasteiger partial charge in [0.25, 0.3) is 0 Å². The molecular formula is C21H28N4O2S. The van der Waals surface area contributed by atoms with Crippen molar-refractivity contribution in [3.05, 3.63) is 52.5 Å². The van der Waals surface area contributed by atoms with E-state index in [1.54, 1.807) is 4.31 Å². The van der Waals surface area contributed by atoms with Crippen LogP contribution in [0.15, 0.2) is 24.3 Å². The first-order chi connectivity index (χ1) is 13.5. The van der Waals surface area contributed by atoms with Gasteiger partial charge in [-0.2, -0.15) is 0 Å². The first-order valence-corrected chi connectivity index (χ1v) is 11.8. The molecule has 150 valence electrons. The van der Waals surface area contributed by atoms with E-state index in [1.807, 2.05) is 31.2 Å². The number of aromatic nitrogens is 2. The van der Waals surface area contributed by atoms with Crippen LogP contribution in [0, 0.1) is 6.92 Å². The van der Waals surface area contributed by atoms with Gasteiger partial charge in [0.05, 0.1) is 5.75 Å². The topological polar surface area (TPSA) is 75.2 Å². The molecule has 0 radical (unpaired) electrons. The molecule has 1 saturated heterocycles. The zero-order valence-electron chi connectivity index (χ0n) is 16.4. The molecule has 1 aromatic carbocycles. The number of nitrogens with one attached hydrogen (secondary N) is 1. The second kappa shape index (κ2) is 8.17. The summed E-state index contributed by atoms with van der Waals surface area (Å²) in [5.74, 6) is 1.75. The van der Waals surface area contributed by atoms with Crippen LogP contribution in [0.4, 0.5) is 5.82 Å². The van der Waals surface area contributed by atoms with Gasteiger partial charge in [0, 0.05) is 30.9 Å². The largest absolute Gasteiger partial charge is 0.366 e. The van der Waals surface area contributed by atoms with Crippen molar-refractivity contribution in [2.24, 2.45) is 0 Å². The standard InChI is InChI=1S/C21H28N4O2S/c1-16-23-20-11-5-4-10-19(20)21(24-16)22-14-17-8-2-3-9-18(17)15-28(26,27)25-12-6-7-13-25/h2-3,8-9H,4-7,10-15H2,1H3,(H,22,23,24). The van der Waals surface area contributed by atoms with Crippen LogP contribution in [0.5, 0.6) is 0 Å². The summed E-state index contributed by atoms with van der Waals surface area (Å²) in [6.45, 7) is 3.79. The maximum Gasteiger partial charge on any atom is 0.218 e. The first kappa shape index (κ1) is 19.3. The summed E-state index contributed by atoms with van der Waals surface area (Å²) >= 11 is 0. The second-order valence-electron chi connectivity index (χ2n) is 7.74. The number of hydrogen-bond acceptors (Lipinski definition) is 5. The number of anilines is 1. The Balaban J connectivity index is 1.53. The number of aryl methyl sites for hydroxylation is 2. The van der Waals surface area contributed by atoms with Gasteiger partial charge in [-0.1, -0.05) is 24.3 Å². The van der Waals surface area contributed by atoms with Crippen LogP contribution in [0.25, 0.3) is 0 Å². The molecule has 0 atom stereocenters. The molecule has 7 heteroatoms. The molecule has 0 unspecified atom stereocenters. The summed E-state index contributed by atoms with van der Waals surface area (Å²) in [5.41, 5.74) is 4.25. The monoisotopic (exact) mass is 400 g/mol. The lowest BCUT2D eigenvalue weighted by Crippen LogP contribution is -2.29. The SMILES string of the molecule is Cc1nc2c(c(NCc3ccccc3CS(=O)(=O)N3CCCC3)n1)CCCC2. The first-order valence-electron chi connectivity index (χ1n) is 10.2. The Kier molecular flexibility index (Phi) is 5.64. The minimum atomic E-state index is -3.26. The van der Waals surface area contributed by atoms with Crippen molar-refractivity contribution in [1.29, 1.82) is 0 Å². The Morgan fingerprint density at radius 3 is 2.50 bits per heavy atom. The summed E-state index contributed by atoms with van der Waals surface area (Å²) < 4.78 is 27.1. The third-order valence-corrected chi connectivity index (χ3v) is 7.48. The Morgan fingerprint density at radius 1 is 1.00 bits per heavy atom. The summed E-state index contributed by atoms with van der Waals surface area (Å²) in [4.78, 5) is 9.22. The maximum atomic E-state index is 12.7. The molecule has 1 aliphatic carbocycles. The third-order valence-electron chi connectivity index (χ3n) is 5.66. The van der Waals surface area contributed by atoms with Gasteiger partial charge in [-0.05, 0) is 56.6 Å². The van der Waals surface area contributed by atoms with Crippen LogP contribution in [0.3, 0.4) is 0 Å². The van der Waals surface area contributed by atoms with E-state index in [9.17, 15) is 8.42 Å². The molecule has 2 heterocycles. The van der Waals surface area contributed by atoms with E-state index in [2.05, 4.69) is 15.3 Å². The number of fused-ring (bicyclic) bond motifs is 1. The quantitative estimate of drug-likeness (QED) is 0.806. The lowest BCUT2D eigenvalue weighted by Gasteiger charge is -2.20. The van der Waals surface area contributed by atoms with Crippen LogP contribution >= 0.6 is 0 Å². The molecule has 0 amide bonds. The van der Waals surface area contributed by atoms with Gasteiger partial charge in [0.2, 0.25) is 10.0 Å². The van der Waals surface area contributed by atoms with E-state index < -0.39 is 10.0 Å². The molecule has 2 aromatic rings. The van der Waals surface area contributed by atoms with Crippen molar-refractivity contribution in [1.82, 2.24) is 14.3 Å². The van der Waals surface area contributed by atoms with Crippen molar-refractivity contribution in [2.75, 3.05) is 18.4 Å². The van der Waals surface area contributed by atoms with Crippen molar-refractivity contribution >= 4 is 15.8 Å². The predicted octanol–water partition coefficient (Wildman–Crippen LogP) is 3.20. The molecule has 1 aliphatic heterocycles. The second-order valence-corrected chi connectivity index (χ2v) is 9.71. The molecular weight excluding hydrogens is 372 g/mol. The molecule has 0 bridgehead atoms. The Morgan fingerprint density at radius 2 is 1.71 bits per heavy atom. The zero-order valence-corrected chi connectivity index (χ0v) is 17.3. The highest BCUT2D eigenvalue weighted by Crippen LogP contribution is 2.26. The maximum absolute atomic E-state index is 12.7. The minimum Gasteiger partial charge on any atom is -0.366 e. The lowest BCUT2D eigenvalue weighted by molar-refractivity contribution is 0.476. The van der Waals surface area contributed by atoms with Gasteiger partial charge < -0.3 is 5.32 Å². The Labute approximate surface area is 167 Å². The minimum absolute atomic E-state index is 0.0613. The lowest BCUT2D eigenvalue weighted by atomic mass is 9.96. The summed E-state index contributed by atoms with van der Waals surface area (Å²) in [7, 11) is -3.26. The number of sulfonamides is 1. The van der Waals surface area contributed by atoms with Gasteiger partial charge in [-0.3, -0.25) is 0 Å². The van der Waals surface area contributed by atoms with Crippen molar-refractivity contribution < 1.29 is 8.42 Å². The summed E-state index contributed by atoms with van der Waals surface area (Å²) in [6.07, 6.45) is 6.28. The fraction of sp³-hybridized carbons (Fsp3) is 0.524. The van der Waals surface area contributed by atoms with Crippen LogP contribution in [-0.4, -0.2) is 35.8 Å². The van der Waals surface area contributed by atoms with Crippen LogP contribution < -0.4 is 5.32 Å². The average Bonchev–Trinajstić information content (AvgIpc) is 3.22. The normalized spacial score (nSPS) is 17.5. The zero-order chi connectivity index (χ0) is 19.6. The molecule has 2 aliphatic rings.